The van der Waals surface area contributed by atoms with E-state index in [0.29, 0.717) is 0 Å². The van der Waals surface area contributed by atoms with Crippen LogP contribution in [0.3, 0.4) is 0 Å². The molecule has 0 radical (unpaired) electrons. The second-order valence-corrected chi connectivity index (χ2v) is 5.97. The number of hydrogen-bond donors (Lipinski definition) is 0. The van der Waals surface area contributed by atoms with Crippen molar-refractivity contribution in [1.29, 1.82) is 0 Å². The van der Waals surface area contributed by atoms with Crippen molar-refractivity contribution < 1.29 is 4.79 Å². The molecule has 2 heteroatoms. The first-order chi connectivity index (χ1) is 7.89. The highest BCUT2D eigenvalue weighted by molar-refractivity contribution is 5.95. The van der Waals surface area contributed by atoms with Crippen LogP contribution in [-0.2, 0) is 10.2 Å². The van der Waals surface area contributed by atoms with E-state index in [2.05, 4.69) is 32.9 Å². The van der Waals surface area contributed by atoms with Crippen LogP contribution in [0.2, 0.25) is 0 Å². The zero-order valence-corrected chi connectivity index (χ0v) is 11.2. The van der Waals surface area contributed by atoms with Crippen molar-refractivity contribution in [1.82, 2.24) is 0 Å². The number of carbonyl (C=O) groups is 1. The minimum Gasteiger partial charge on any atom is -0.315 e. The highest BCUT2D eigenvalue weighted by atomic mass is 16.2. The summed E-state index contributed by atoms with van der Waals surface area (Å²) in [5.41, 5.74) is 2.46. The van der Waals surface area contributed by atoms with E-state index >= 15 is 0 Å². The number of hydrogen-bond acceptors (Lipinski definition) is 1. The Morgan fingerprint density at radius 2 is 1.71 bits per heavy atom. The van der Waals surface area contributed by atoms with Gasteiger partial charge in [0.15, 0.2) is 0 Å². The van der Waals surface area contributed by atoms with Crippen molar-refractivity contribution >= 4 is 11.6 Å². The van der Waals surface area contributed by atoms with E-state index in [-0.39, 0.29) is 17.2 Å². The van der Waals surface area contributed by atoms with Crippen LogP contribution in [0.1, 0.15) is 39.2 Å². The van der Waals surface area contributed by atoms with Crippen molar-refractivity contribution in [2.75, 3.05) is 11.9 Å². The normalized spacial score (nSPS) is 15.8. The second-order valence-electron chi connectivity index (χ2n) is 5.97. The van der Waals surface area contributed by atoms with Crippen LogP contribution >= 0.6 is 0 Å². The van der Waals surface area contributed by atoms with Gasteiger partial charge < -0.3 is 4.90 Å². The average molecular weight is 231 g/mol. The average Bonchev–Trinajstić information content (AvgIpc) is 3.10. The fourth-order valence-electron chi connectivity index (χ4n) is 1.92. The second kappa shape index (κ2) is 4.17. The third kappa shape index (κ3) is 2.68. The topological polar surface area (TPSA) is 20.3 Å². The predicted octanol–water partition coefficient (Wildman–Crippen LogP) is 3.36. The highest BCUT2D eigenvalue weighted by Gasteiger charge is 2.32. The molecule has 1 fully saturated rings. The lowest BCUT2D eigenvalue weighted by Crippen LogP contribution is -2.27. The van der Waals surface area contributed by atoms with Crippen molar-refractivity contribution in [3.8, 4) is 0 Å². The maximum absolute atomic E-state index is 11.9. The SMILES string of the molecule is CN(C(=O)C1CC1)c1ccc(C(C)(C)C)cc1. The Morgan fingerprint density at radius 3 is 2.12 bits per heavy atom. The summed E-state index contributed by atoms with van der Waals surface area (Å²) in [6.07, 6.45) is 2.12. The number of nitrogens with zero attached hydrogens (tertiary/aromatic N) is 1. The van der Waals surface area contributed by atoms with Gasteiger partial charge in [-0.3, -0.25) is 4.79 Å². The van der Waals surface area contributed by atoms with Gasteiger partial charge in [-0.1, -0.05) is 32.9 Å². The van der Waals surface area contributed by atoms with E-state index in [9.17, 15) is 4.79 Å². The molecule has 1 aliphatic rings. The van der Waals surface area contributed by atoms with Gasteiger partial charge in [0.05, 0.1) is 0 Å². The zero-order chi connectivity index (χ0) is 12.6. The lowest BCUT2D eigenvalue weighted by Gasteiger charge is -2.21. The Kier molecular flexibility index (Phi) is 2.98. The van der Waals surface area contributed by atoms with E-state index in [0.717, 1.165) is 18.5 Å². The lowest BCUT2D eigenvalue weighted by atomic mass is 9.87. The van der Waals surface area contributed by atoms with Crippen LogP contribution < -0.4 is 4.90 Å². The Labute approximate surface area is 104 Å². The Bertz CT molecular complexity index is 410. The number of benzene rings is 1. The fourth-order valence-corrected chi connectivity index (χ4v) is 1.92. The standard InChI is InChI=1S/C15H21NO/c1-15(2,3)12-7-9-13(10-8-12)16(4)14(17)11-5-6-11/h7-11H,5-6H2,1-4H3. The molecule has 1 aliphatic carbocycles. The number of anilines is 1. The molecule has 92 valence electrons. The van der Waals surface area contributed by atoms with Gasteiger partial charge in [0, 0.05) is 18.7 Å². The van der Waals surface area contributed by atoms with Gasteiger partial charge >= 0.3 is 0 Å². The summed E-state index contributed by atoms with van der Waals surface area (Å²) in [5, 5.41) is 0. The minimum atomic E-state index is 0.164. The number of amides is 1. The van der Waals surface area contributed by atoms with Crippen molar-refractivity contribution in [2.45, 2.75) is 39.0 Å². The molecule has 1 aromatic rings. The molecule has 0 N–H and O–H groups in total. The third-order valence-electron chi connectivity index (χ3n) is 3.38. The molecule has 0 heterocycles. The first-order valence-electron chi connectivity index (χ1n) is 6.28. The van der Waals surface area contributed by atoms with Gasteiger partial charge in [-0.25, -0.2) is 0 Å². The molecule has 1 amide bonds. The molecule has 0 bridgehead atoms. The largest absolute Gasteiger partial charge is 0.315 e. The summed E-state index contributed by atoms with van der Waals surface area (Å²) < 4.78 is 0. The molecule has 0 aromatic heterocycles. The molecule has 2 rings (SSSR count). The molecule has 0 saturated heterocycles. The van der Waals surface area contributed by atoms with Crippen LogP contribution in [0, 0.1) is 5.92 Å². The van der Waals surface area contributed by atoms with Gasteiger partial charge in [-0.2, -0.15) is 0 Å². The Balaban J connectivity index is 2.14. The van der Waals surface area contributed by atoms with Crippen LogP contribution in [0.5, 0.6) is 0 Å². The third-order valence-corrected chi connectivity index (χ3v) is 3.38. The smallest absolute Gasteiger partial charge is 0.229 e. The summed E-state index contributed by atoms with van der Waals surface area (Å²) >= 11 is 0. The molecular weight excluding hydrogens is 210 g/mol. The molecule has 0 unspecified atom stereocenters. The van der Waals surface area contributed by atoms with Crippen molar-refractivity contribution in [3.63, 3.8) is 0 Å². The fraction of sp³-hybridized carbons (Fsp3) is 0.533. The molecule has 0 atom stereocenters. The maximum atomic E-state index is 11.9. The lowest BCUT2D eigenvalue weighted by molar-refractivity contribution is -0.119. The molecule has 17 heavy (non-hydrogen) atoms. The maximum Gasteiger partial charge on any atom is 0.229 e. The molecule has 0 spiro atoms. The zero-order valence-electron chi connectivity index (χ0n) is 11.2. The van der Waals surface area contributed by atoms with Crippen molar-refractivity contribution in [2.24, 2.45) is 5.92 Å². The first kappa shape index (κ1) is 12.2. The summed E-state index contributed by atoms with van der Waals surface area (Å²) in [4.78, 5) is 13.7. The molecular formula is C15H21NO. The molecule has 1 saturated carbocycles. The number of carbonyl (C=O) groups excluding carboxylic acids is 1. The molecule has 0 aliphatic heterocycles. The summed E-state index contributed by atoms with van der Waals surface area (Å²) in [6.45, 7) is 6.59. The first-order valence-corrected chi connectivity index (χ1v) is 6.28. The van der Waals surface area contributed by atoms with Crippen LogP contribution in [0.25, 0.3) is 0 Å². The van der Waals surface area contributed by atoms with Gasteiger partial charge in [-0.15, -0.1) is 0 Å². The van der Waals surface area contributed by atoms with Gasteiger partial charge in [0.1, 0.15) is 0 Å². The Morgan fingerprint density at radius 1 is 1.18 bits per heavy atom. The summed E-state index contributed by atoms with van der Waals surface area (Å²) in [5.74, 6) is 0.538. The Hall–Kier alpha value is -1.31. The highest BCUT2D eigenvalue weighted by Crippen LogP contribution is 2.32. The molecule has 2 nitrogen and oxygen atoms in total. The monoisotopic (exact) mass is 231 g/mol. The van der Waals surface area contributed by atoms with E-state index in [1.54, 1.807) is 4.90 Å². The van der Waals surface area contributed by atoms with Crippen molar-refractivity contribution in [3.05, 3.63) is 29.8 Å². The van der Waals surface area contributed by atoms with E-state index < -0.39 is 0 Å². The van der Waals surface area contributed by atoms with Gasteiger partial charge in [0.2, 0.25) is 5.91 Å². The number of rotatable bonds is 2. The van der Waals surface area contributed by atoms with E-state index in [1.165, 1.54) is 5.56 Å². The molecule has 1 aromatic carbocycles. The van der Waals surface area contributed by atoms with E-state index in [4.69, 9.17) is 0 Å². The summed E-state index contributed by atoms with van der Waals surface area (Å²) in [6, 6.07) is 8.32. The van der Waals surface area contributed by atoms with Crippen LogP contribution in [-0.4, -0.2) is 13.0 Å². The van der Waals surface area contributed by atoms with Gasteiger partial charge in [-0.05, 0) is 36.0 Å². The van der Waals surface area contributed by atoms with Gasteiger partial charge in [0.25, 0.3) is 0 Å². The van der Waals surface area contributed by atoms with Crippen LogP contribution in [0.4, 0.5) is 5.69 Å². The minimum absolute atomic E-state index is 0.164. The quantitative estimate of drug-likeness (QED) is 0.764. The van der Waals surface area contributed by atoms with Crippen LogP contribution in [0.15, 0.2) is 24.3 Å². The summed E-state index contributed by atoms with van der Waals surface area (Å²) in [7, 11) is 1.87. The predicted molar refractivity (Wildman–Crippen MR) is 71.3 cm³/mol. The van der Waals surface area contributed by atoms with E-state index in [1.807, 2.05) is 19.2 Å².